The van der Waals surface area contributed by atoms with Crippen LogP contribution in [0, 0.1) is 5.92 Å². The number of amides is 2. The molecule has 1 N–H and O–H groups in total. The van der Waals surface area contributed by atoms with E-state index in [-0.39, 0.29) is 24.0 Å². The van der Waals surface area contributed by atoms with Gasteiger partial charge >= 0.3 is 6.09 Å². The number of carbonyl (C=O) groups excluding carboxylic acids is 2. The zero-order valence-electron chi connectivity index (χ0n) is 15.2. The van der Waals surface area contributed by atoms with Crippen LogP contribution < -0.4 is 5.32 Å². The Morgan fingerprint density at radius 1 is 1.22 bits per heavy atom. The average Bonchev–Trinajstić information content (AvgIpc) is 2.35. The molecular weight excluding hydrogens is 320 g/mol. The van der Waals surface area contributed by atoms with Gasteiger partial charge in [-0.1, -0.05) is 13.8 Å². The van der Waals surface area contributed by atoms with Crippen molar-refractivity contribution in [3.05, 3.63) is 0 Å². The third kappa shape index (κ3) is 9.43. The van der Waals surface area contributed by atoms with Gasteiger partial charge in [-0.05, 0) is 27.7 Å². The lowest BCUT2D eigenvalue weighted by Gasteiger charge is -2.26. The van der Waals surface area contributed by atoms with Crippen LogP contribution in [0.1, 0.15) is 41.5 Å². The third-order valence-electron chi connectivity index (χ3n) is 3.03. The van der Waals surface area contributed by atoms with Gasteiger partial charge in [0.2, 0.25) is 5.91 Å². The molecule has 0 aromatic heterocycles. The van der Waals surface area contributed by atoms with Crippen LogP contribution >= 0.6 is 0 Å². The SMILES string of the molecule is CCS(=O)(=O)C[C@H](C)NC(=O)[C@@H](C)CN(C)C(=O)OC(C)(C)C. The number of hydrogen-bond donors (Lipinski definition) is 1. The van der Waals surface area contributed by atoms with Crippen molar-refractivity contribution in [2.24, 2.45) is 5.92 Å². The van der Waals surface area contributed by atoms with Crippen LogP contribution in [0.15, 0.2) is 0 Å². The maximum atomic E-state index is 12.1. The van der Waals surface area contributed by atoms with Gasteiger partial charge in [0.05, 0.1) is 11.7 Å². The van der Waals surface area contributed by atoms with Crippen LogP contribution in [0.3, 0.4) is 0 Å². The second-order valence-corrected chi connectivity index (χ2v) is 9.27. The summed E-state index contributed by atoms with van der Waals surface area (Å²) in [6.45, 7) is 10.4. The Kier molecular flexibility index (Phi) is 8.03. The van der Waals surface area contributed by atoms with Crippen molar-refractivity contribution < 1.29 is 22.7 Å². The van der Waals surface area contributed by atoms with Crippen molar-refractivity contribution in [1.82, 2.24) is 10.2 Å². The second kappa shape index (κ2) is 8.52. The first-order valence-electron chi connectivity index (χ1n) is 7.72. The van der Waals surface area contributed by atoms with Crippen molar-refractivity contribution in [1.29, 1.82) is 0 Å². The number of hydrogen-bond acceptors (Lipinski definition) is 5. The van der Waals surface area contributed by atoms with Gasteiger partial charge in [0.1, 0.15) is 5.60 Å². The number of ether oxygens (including phenoxy) is 1. The molecule has 0 fully saturated rings. The molecule has 0 saturated carbocycles. The summed E-state index contributed by atoms with van der Waals surface area (Å²) in [5.74, 6) is -0.813. The molecule has 0 unspecified atom stereocenters. The van der Waals surface area contributed by atoms with Crippen LogP contribution in [0.5, 0.6) is 0 Å². The van der Waals surface area contributed by atoms with Crippen LogP contribution in [-0.4, -0.2) is 62.1 Å². The van der Waals surface area contributed by atoms with E-state index in [1.54, 1.807) is 48.6 Å². The molecule has 0 heterocycles. The minimum absolute atomic E-state index is 0.0458. The molecule has 2 amide bonds. The van der Waals surface area contributed by atoms with Crippen LogP contribution in [-0.2, 0) is 19.4 Å². The summed E-state index contributed by atoms with van der Waals surface area (Å²) in [4.78, 5) is 25.3. The van der Waals surface area contributed by atoms with Gasteiger partial charge in [0.25, 0.3) is 0 Å². The fraction of sp³-hybridized carbons (Fsp3) is 0.867. The fourth-order valence-electron chi connectivity index (χ4n) is 1.83. The molecule has 23 heavy (non-hydrogen) atoms. The van der Waals surface area contributed by atoms with Crippen molar-refractivity contribution in [3.8, 4) is 0 Å². The maximum Gasteiger partial charge on any atom is 0.410 e. The lowest BCUT2D eigenvalue weighted by atomic mass is 10.1. The number of sulfone groups is 1. The molecule has 8 heteroatoms. The molecule has 0 bridgehead atoms. The van der Waals surface area contributed by atoms with Crippen LogP contribution in [0.25, 0.3) is 0 Å². The quantitative estimate of drug-likeness (QED) is 0.750. The van der Waals surface area contributed by atoms with Gasteiger partial charge in [0.15, 0.2) is 9.84 Å². The third-order valence-corrected chi connectivity index (χ3v) is 4.92. The van der Waals surface area contributed by atoms with Crippen molar-refractivity contribution in [2.45, 2.75) is 53.2 Å². The van der Waals surface area contributed by atoms with Crippen molar-refractivity contribution in [2.75, 3.05) is 25.1 Å². The van der Waals surface area contributed by atoms with Gasteiger partial charge in [-0.2, -0.15) is 0 Å². The molecule has 0 aromatic carbocycles. The highest BCUT2D eigenvalue weighted by atomic mass is 32.2. The molecule has 7 nitrogen and oxygen atoms in total. The van der Waals surface area contributed by atoms with Gasteiger partial charge in [-0.25, -0.2) is 13.2 Å². The lowest BCUT2D eigenvalue weighted by Crippen LogP contribution is -2.44. The molecule has 0 aromatic rings. The highest BCUT2D eigenvalue weighted by Gasteiger charge is 2.24. The van der Waals surface area contributed by atoms with Crippen LogP contribution in [0.4, 0.5) is 4.79 Å². The number of rotatable bonds is 7. The minimum Gasteiger partial charge on any atom is -0.444 e. The van der Waals surface area contributed by atoms with Gasteiger partial charge in [-0.15, -0.1) is 0 Å². The summed E-state index contributed by atoms with van der Waals surface area (Å²) in [7, 11) is -1.59. The van der Waals surface area contributed by atoms with E-state index in [9.17, 15) is 18.0 Å². The number of carbonyl (C=O) groups is 2. The standard InChI is InChI=1S/C15H30N2O5S/c1-8-23(20,21)10-12(3)16-13(18)11(2)9-17(7)14(19)22-15(4,5)6/h11-12H,8-10H2,1-7H3,(H,16,18)/t11-,12-/m0/s1. The van der Waals surface area contributed by atoms with E-state index in [0.717, 1.165) is 0 Å². The van der Waals surface area contributed by atoms with Crippen LogP contribution in [0.2, 0.25) is 0 Å². The van der Waals surface area contributed by atoms with Gasteiger partial charge < -0.3 is 15.0 Å². The summed E-state index contributed by atoms with van der Waals surface area (Å²) < 4.78 is 28.3. The van der Waals surface area contributed by atoms with E-state index < -0.39 is 33.5 Å². The van der Waals surface area contributed by atoms with E-state index in [1.807, 2.05) is 0 Å². The molecule has 0 aliphatic carbocycles. The predicted molar refractivity (Wildman–Crippen MR) is 90.0 cm³/mol. The molecule has 0 radical (unpaired) electrons. The van der Waals surface area contributed by atoms with E-state index >= 15 is 0 Å². The monoisotopic (exact) mass is 350 g/mol. The molecular formula is C15H30N2O5S. The Hall–Kier alpha value is -1.31. The van der Waals surface area contributed by atoms with Gasteiger partial charge in [-0.3, -0.25) is 4.79 Å². The Balaban J connectivity index is 4.48. The summed E-state index contributed by atoms with van der Waals surface area (Å²) in [6, 6.07) is -0.471. The largest absolute Gasteiger partial charge is 0.444 e. The Labute approximate surface area is 139 Å². The molecule has 0 rings (SSSR count). The lowest BCUT2D eigenvalue weighted by molar-refractivity contribution is -0.125. The van der Waals surface area contributed by atoms with E-state index in [1.165, 1.54) is 4.90 Å². The first-order chi connectivity index (χ1) is 10.3. The van der Waals surface area contributed by atoms with E-state index in [0.29, 0.717) is 0 Å². The molecule has 0 saturated heterocycles. The highest BCUT2D eigenvalue weighted by Crippen LogP contribution is 2.10. The Morgan fingerprint density at radius 2 is 1.74 bits per heavy atom. The Morgan fingerprint density at radius 3 is 2.17 bits per heavy atom. The summed E-state index contributed by atoms with van der Waals surface area (Å²) >= 11 is 0. The molecule has 0 spiro atoms. The Bertz CT molecular complexity index is 510. The van der Waals surface area contributed by atoms with Crippen molar-refractivity contribution >= 4 is 21.8 Å². The fourth-order valence-corrected chi connectivity index (χ4v) is 2.91. The highest BCUT2D eigenvalue weighted by molar-refractivity contribution is 7.91. The predicted octanol–water partition coefficient (Wildman–Crippen LogP) is 1.43. The second-order valence-electron chi connectivity index (χ2n) is 6.87. The van der Waals surface area contributed by atoms with Gasteiger partial charge in [0, 0.05) is 25.4 Å². The average molecular weight is 350 g/mol. The summed E-state index contributed by atoms with van der Waals surface area (Å²) in [5, 5.41) is 2.67. The summed E-state index contributed by atoms with van der Waals surface area (Å²) in [6.07, 6.45) is -0.501. The molecule has 136 valence electrons. The molecule has 0 aliphatic heterocycles. The topological polar surface area (TPSA) is 92.8 Å². The zero-order chi connectivity index (χ0) is 18.4. The minimum atomic E-state index is -3.15. The molecule has 2 atom stereocenters. The first kappa shape index (κ1) is 21.7. The number of nitrogens with zero attached hydrogens (tertiary/aromatic N) is 1. The molecule has 0 aliphatic rings. The number of nitrogens with one attached hydrogen (secondary N) is 1. The smallest absolute Gasteiger partial charge is 0.410 e. The van der Waals surface area contributed by atoms with E-state index in [4.69, 9.17) is 4.74 Å². The normalized spacial score (nSPS) is 14.7. The zero-order valence-corrected chi connectivity index (χ0v) is 16.0. The van der Waals surface area contributed by atoms with Crippen molar-refractivity contribution in [3.63, 3.8) is 0 Å². The van der Waals surface area contributed by atoms with E-state index in [2.05, 4.69) is 5.32 Å². The summed E-state index contributed by atoms with van der Waals surface area (Å²) in [5.41, 5.74) is -0.597. The first-order valence-corrected chi connectivity index (χ1v) is 9.54. The maximum absolute atomic E-state index is 12.1.